The first-order valence-corrected chi connectivity index (χ1v) is 8.58. The summed E-state index contributed by atoms with van der Waals surface area (Å²) in [6.07, 6.45) is -0.311. The van der Waals surface area contributed by atoms with Crippen LogP contribution in [0.15, 0.2) is 30.3 Å². The predicted octanol–water partition coefficient (Wildman–Crippen LogP) is 2.40. The topological polar surface area (TPSA) is 93.9 Å². The molecule has 8 heteroatoms. The van der Waals surface area contributed by atoms with Gasteiger partial charge in [-0.05, 0) is 31.2 Å². The van der Waals surface area contributed by atoms with Gasteiger partial charge in [-0.15, -0.1) is 11.3 Å². The van der Waals surface area contributed by atoms with Gasteiger partial charge < -0.3 is 20.5 Å². The van der Waals surface area contributed by atoms with Crippen molar-refractivity contribution in [1.29, 1.82) is 0 Å². The minimum Gasteiger partial charge on any atom is -0.489 e. The highest BCUT2D eigenvalue weighted by Crippen LogP contribution is 2.37. The van der Waals surface area contributed by atoms with E-state index in [0.29, 0.717) is 24.7 Å². The van der Waals surface area contributed by atoms with Gasteiger partial charge in [-0.2, -0.15) is 0 Å². The fourth-order valence-electron chi connectivity index (χ4n) is 2.59. The number of carbonyl (C=O) groups is 2. The lowest BCUT2D eigenvalue weighted by Gasteiger charge is -2.29. The first-order chi connectivity index (χ1) is 12.0. The standard InChI is InChI=1S/C10H10N2O3.C7H9NOS/c11-6-1-2-8-9(3-6)14-4-7-5-15-10(13)12(7)8;1-5-3-4-6(10-5)7(9)8-2/h1-3,7H,4-5,11H2;3-4H,1-2H3,(H,8,9). The van der Waals surface area contributed by atoms with Crippen LogP contribution in [0.4, 0.5) is 16.2 Å². The van der Waals surface area contributed by atoms with Gasteiger partial charge in [0.25, 0.3) is 5.91 Å². The first-order valence-electron chi connectivity index (χ1n) is 7.76. The Morgan fingerprint density at radius 1 is 1.28 bits per heavy atom. The van der Waals surface area contributed by atoms with Crippen molar-refractivity contribution in [3.63, 3.8) is 0 Å². The van der Waals surface area contributed by atoms with Gasteiger partial charge in [0.15, 0.2) is 0 Å². The maximum absolute atomic E-state index is 11.5. The highest BCUT2D eigenvalue weighted by atomic mass is 32.1. The van der Waals surface area contributed by atoms with Gasteiger partial charge in [-0.1, -0.05) is 0 Å². The monoisotopic (exact) mass is 361 g/mol. The summed E-state index contributed by atoms with van der Waals surface area (Å²) in [7, 11) is 1.64. The summed E-state index contributed by atoms with van der Waals surface area (Å²) in [6, 6.07) is 9.01. The third-order valence-corrected chi connectivity index (χ3v) is 4.83. The molecule has 0 saturated carbocycles. The van der Waals surface area contributed by atoms with Crippen molar-refractivity contribution in [2.45, 2.75) is 13.0 Å². The van der Waals surface area contributed by atoms with Crippen LogP contribution in [-0.2, 0) is 4.74 Å². The summed E-state index contributed by atoms with van der Waals surface area (Å²) in [5.74, 6) is 0.642. The summed E-state index contributed by atoms with van der Waals surface area (Å²) < 4.78 is 10.5. The van der Waals surface area contributed by atoms with Crippen molar-refractivity contribution in [2.24, 2.45) is 0 Å². The second-order valence-corrected chi connectivity index (χ2v) is 6.92. The van der Waals surface area contributed by atoms with Gasteiger partial charge in [0.1, 0.15) is 25.0 Å². The Balaban J connectivity index is 0.000000160. The molecule has 3 N–H and O–H groups in total. The number of rotatable bonds is 1. The fraction of sp³-hybridized carbons (Fsp3) is 0.294. The van der Waals surface area contributed by atoms with Gasteiger partial charge in [-0.3, -0.25) is 9.69 Å². The van der Waals surface area contributed by atoms with Crippen molar-refractivity contribution in [3.8, 4) is 5.75 Å². The molecule has 1 atom stereocenters. The number of nitrogens with two attached hydrogens (primary N) is 1. The number of hydrogen-bond acceptors (Lipinski definition) is 6. The molecule has 1 fully saturated rings. The van der Waals surface area contributed by atoms with Gasteiger partial charge >= 0.3 is 6.09 Å². The van der Waals surface area contributed by atoms with E-state index in [-0.39, 0.29) is 18.0 Å². The number of carbonyl (C=O) groups excluding carboxylic acids is 2. The lowest BCUT2D eigenvalue weighted by Crippen LogP contribution is -2.41. The molecule has 2 aliphatic heterocycles. The molecule has 2 aliphatic rings. The van der Waals surface area contributed by atoms with E-state index in [9.17, 15) is 9.59 Å². The molecule has 25 heavy (non-hydrogen) atoms. The van der Waals surface area contributed by atoms with Crippen LogP contribution in [0, 0.1) is 6.92 Å². The zero-order chi connectivity index (χ0) is 18.0. The average molecular weight is 361 g/mol. The van der Waals surface area contributed by atoms with Gasteiger partial charge in [0, 0.05) is 23.7 Å². The molecule has 3 heterocycles. The van der Waals surface area contributed by atoms with Crippen molar-refractivity contribution in [1.82, 2.24) is 5.32 Å². The van der Waals surface area contributed by atoms with Crippen molar-refractivity contribution in [3.05, 3.63) is 40.1 Å². The molecular weight excluding hydrogens is 342 g/mol. The number of hydrogen-bond donors (Lipinski definition) is 2. The molecule has 2 amide bonds. The quantitative estimate of drug-likeness (QED) is 0.761. The number of nitrogen functional groups attached to an aromatic ring is 1. The zero-order valence-corrected chi connectivity index (χ0v) is 14.8. The van der Waals surface area contributed by atoms with E-state index in [1.165, 1.54) is 16.2 Å². The van der Waals surface area contributed by atoms with Crippen molar-refractivity contribution >= 4 is 34.7 Å². The van der Waals surface area contributed by atoms with Gasteiger partial charge in [-0.25, -0.2) is 4.79 Å². The number of benzene rings is 1. The van der Waals surface area contributed by atoms with Crippen LogP contribution in [-0.4, -0.2) is 38.3 Å². The molecular formula is C17H19N3O4S. The highest BCUT2D eigenvalue weighted by Gasteiger charge is 2.39. The number of amides is 2. The average Bonchev–Trinajstić information content (AvgIpc) is 3.21. The lowest BCUT2D eigenvalue weighted by molar-refractivity contribution is 0.0967. The van der Waals surface area contributed by atoms with Crippen LogP contribution in [0.25, 0.3) is 0 Å². The Labute approximate surface area is 149 Å². The Kier molecular flexibility index (Phi) is 4.80. The summed E-state index contributed by atoms with van der Waals surface area (Å²) in [6.45, 7) is 2.84. The van der Waals surface area contributed by atoms with E-state index < -0.39 is 0 Å². The second-order valence-electron chi connectivity index (χ2n) is 5.63. The van der Waals surface area contributed by atoms with E-state index in [4.69, 9.17) is 15.2 Å². The molecule has 4 rings (SSSR count). The minimum atomic E-state index is -0.311. The number of thiophene rings is 1. The molecule has 132 valence electrons. The first kappa shape index (κ1) is 17.1. The van der Waals surface area contributed by atoms with E-state index in [1.807, 2.05) is 19.1 Å². The van der Waals surface area contributed by atoms with E-state index in [2.05, 4.69) is 5.32 Å². The number of ether oxygens (including phenoxy) is 2. The fourth-order valence-corrected chi connectivity index (χ4v) is 3.40. The number of nitrogens with zero attached hydrogens (tertiary/aromatic N) is 1. The SMILES string of the molecule is CNC(=O)c1ccc(C)s1.Nc1ccc2c(c1)OCC1COC(=O)N21. The summed E-state index contributed by atoms with van der Waals surface area (Å²) in [4.78, 5) is 26.0. The number of cyclic esters (lactones) is 1. The predicted molar refractivity (Wildman–Crippen MR) is 96.4 cm³/mol. The number of anilines is 2. The molecule has 2 aromatic rings. The molecule has 7 nitrogen and oxygen atoms in total. The molecule has 0 bridgehead atoms. The summed E-state index contributed by atoms with van der Waals surface area (Å²) in [5.41, 5.74) is 7.00. The molecule has 0 aliphatic carbocycles. The number of fused-ring (bicyclic) bond motifs is 3. The molecule has 0 radical (unpaired) electrons. The Hall–Kier alpha value is -2.74. The third-order valence-electron chi connectivity index (χ3n) is 3.83. The lowest BCUT2D eigenvalue weighted by atomic mass is 10.2. The van der Waals surface area contributed by atoms with E-state index in [1.54, 1.807) is 30.1 Å². The van der Waals surface area contributed by atoms with Crippen LogP contribution in [0.2, 0.25) is 0 Å². The van der Waals surface area contributed by atoms with Gasteiger partial charge in [0.05, 0.1) is 10.6 Å². The van der Waals surface area contributed by atoms with Crippen LogP contribution in [0.1, 0.15) is 14.5 Å². The number of nitrogens with one attached hydrogen (secondary N) is 1. The summed E-state index contributed by atoms with van der Waals surface area (Å²) in [5, 5.41) is 2.57. The Morgan fingerprint density at radius 3 is 2.72 bits per heavy atom. The zero-order valence-electron chi connectivity index (χ0n) is 13.9. The molecule has 0 spiro atoms. The largest absolute Gasteiger partial charge is 0.489 e. The number of aryl methyl sites for hydroxylation is 1. The third kappa shape index (κ3) is 3.53. The maximum atomic E-state index is 11.5. The van der Waals surface area contributed by atoms with Crippen molar-refractivity contribution in [2.75, 3.05) is 30.9 Å². The summed E-state index contributed by atoms with van der Waals surface area (Å²) >= 11 is 1.51. The molecule has 1 unspecified atom stereocenters. The van der Waals surface area contributed by atoms with Gasteiger partial charge in [0.2, 0.25) is 0 Å². The Bertz CT molecular complexity index is 805. The van der Waals surface area contributed by atoms with Crippen molar-refractivity contribution < 1.29 is 19.1 Å². The van der Waals surface area contributed by atoms with E-state index >= 15 is 0 Å². The minimum absolute atomic E-state index is 0.00176. The smallest absolute Gasteiger partial charge is 0.414 e. The van der Waals surface area contributed by atoms with Crippen LogP contribution >= 0.6 is 11.3 Å². The van der Waals surface area contributed by atoms with Crippen LogP contribution in [0.5, 0.6) is 5.75 Å². The van der Waals surface area contributed by atoms with E-state index in [0.717, 1.165) is 10.6 Å². The Morgan fingerprint density at radius 2 is 2.04 bits per heavy atom. The van der Waals surface area contributed by atoms with Crippen LogP contribution < -0.4 is 20.7 Å². The highest BCUT2D eigenvalue weighted by molar-refractivity contribution is 7.13. The second kappa shape index (κ2) is 7.02. The molecule has 1 aromatic heterocycles. The molecule has 1 aromatic carbocycles. The normalized spacial score (nSPS) is 17.4. The van der Waals surface area contributed by atoms with Crippen LogP contribution in [0.3, 0.4) is 0 Å². The maximum Gasteiger partial charge on any atom is 0.414 e. The molecule has 1 saturated heterocycles.